The third-order valence-corrected chi connectivity index (χ3v) is 7.68. The molecular weight excluding hydrogens is 488 g/mol. The third kappa shape index (κ3) is 9.95. The van der Waals surface area contributed by atoms with Gasteiger partial charge in [0, 0.05) is 25.9 Å². The molecule has 1 fully saturated rings. The second kappa shape index (κ2) is 14.4. The number of ether oxygens (including phenoxy) is 4. The number of aliphatic hydroxyl groups excluding tert-OH is 1. The van der Waals surface area contributed by atoms with Crippen LogP contribution < -0.4 is 0 Å². The maximum Gasteiger partial charge on any atom is 0.309 e. The molecule has 8 heteroatoms. The van der Waals surface area contributed by atoms with Crippen LogP contribution in [0, 0.1) is 17.8 Å². The fourth-order valence-corrected chi connectivity index (χ4v) is 4.84. The van der Waals surface area contributed by atoms with E-state index in [1.165, 1.54) is 14.0 Å². The molecule has 216 valence electrons. The molecule has 1 saturated heterocycles. The van der Waals surface area contributed by atoms with Crippen LogP contribution in [0.3, 0.4) is 0 Å². The van der Waals surface area contributed by atoms with Crippen molar-refractivity contribution >= 4 is 11.9 Å². The Morgan fingerprint density at radius 1 is 1.26 bits per heavy atom. The summed E-state index contributed by atoms with van der Waals surface area (Å²) in [6, 6.07) is 0. The number of methoxy groups -OCH3 is 1. The zero-order valence-corrected chi connectivity index (χ0v) is 24.3. The zero-order chi connectivity index (χ0) is 28.6. The number of carbonyl (C=O) groups is 2. The van der Waals surface area contributed by atoms with E-state index >= 15 is 0 Å². The average molecular weight is 537 g/mol. The van der Waals surface area contributed by atoms with Gasteiger partial charge in [0.2, 0.25) is 0 Å². The molecule has 0 aliphatic carbocycles. The number of esters is 2. The number of cyclic esters (lactones) is 1. The quantitative estimate of drug-likeness (QED) is 0.194. The lowest BCUT2D eigenvalue weighted by atomic mass is 9.88. The number of carbonyl (C=O) groups excluding carboxylic acids is 2. The Bertz CT molecular complexity index is 873. The first-order valence-corrected chi connectivity index (χ1v) is 13.7. The smallest absolute Gasteiger partial charge is 0.309 e. The summed E-state index contributed by atoms with van der Waals surface area (Å²) in [5.74, 6) is -0.693. The second-order valence-electron chi connectivity index (χ2n) is 11.4. The monoisotopic (exact) mass is 536 g/mol. The summed E-state index contributed by atoms with van der Waals surface area (Å²) in [5, 5.41) is 20.8. The summed E-state index contributed by atoms with van der Waals surface area (Å²) >= 11 is 0. The van der Waals surface area contributed by atoms with Gasteiger partial charge in [0.1, 0.15) is 17.8 Å². The predicted molar refractivity (Wildman–Crippen MR) is 145 cm³/mol. The normalized spacial score (nSPS) is 36.4. The minimum absolute atomic E-state index is 0.0608. The molecule has 2 N–H and O–H groups in total. The van der Waals surface area contributed by atoms with E-state index in [0.717, 1.165) is 12.0 Å². The van der Waals surface area contributed by atoms with Crippen LogP contribution >= 0.6 is 0 Å². The summed E-state index contributed by atoms with van der Waals surface area (Å²) in [5.41, 5.74) is -0.456. The van der Waals surface area contributed by atoms with Crippen molar-refractivity contribution in [3.05, 3.63) is 36.0 Å². The van der Waals surface area contributed by atoms with E-state index in [4.69, 9.17) is 18.9 Å². The van der Waals surface area contributed by atoms with Crippen LogP contribution in [0.4, 0.5) is 0 Å². The van der Waals surface area contributed by atoms with Crippen molar-refractivity contribution in [3.63, 3.8) is 0 Å². The van der Waals surface area contributed by atoms with Gasteiger partial charge in [-0.3, -0.25) is 9.59 Å². The predicted octanol–water partition coefficient (Wildman–Crippen LogP) is 4.29. The minimum Gasteiger partial charge on any atom is -0.457 e. The fraction of sp³-hybridized carbons (Fsp3) is 0.733. The molecule has 0 aromatic heterocycles. The maximum absolute atomic E-state index is 12.8. The number of epoxide rings is 1. The van der Waals surface area contributed by atoms with Crippen LogP contribution in [0.25, 0.3) is 0 Å². The molecule has 10 atom stereocenters. The van der Waals surface area contributed by atoms with Crippen molar-refractivity contribution < 1.29 is 38.7 Å². The number of hydrogen-bond acceptors (Lipinski definition) is 8. The van der Waals surface area contributed by atoms with Crippen LogP contribution in [0.15, 0.2) is 36.0 Å². The second-order valence-corrected chi connectivity index (χ2v) is 11.4. The molecule has 0 aromatic carbocycles. The van der Waals surface area contributed by atoms with Gasteiger partial charge >= 0.3 is 11.9 Å². The van der Waals surface area contributed by atoms with E-state index in [1.807, 2.05) is 39.0 Å². The summed E-state index contributed by atoms with van der Waals surface area (Å²) in [6.07, 6.45) is 9.22. The average Bonchev–Trinajstić information content (AvgIpc) is 3.59. The van der Waals surface area contributed by atoms with Gasteiger partial charge in [-0.15, -0.1) is 0 Å². The molecule has 0 radical (unpaired) electrons. The molecular formula is C30H48O8. The van der Waals surface area contributed by atoms with Crippen molar-refractivity contribution in [1.29, 1.82) is 0 Å². The van der Waals surface area contributed by atoms with Crippen molar-refractivity contribution in [2.75, 3.05) is 7.11 Å². The molecule has 2 heterocycles. The van der Waals surface area contributed by atoms with Gasteiger partial charge in [-0.25, -0.2) is 0 Å². The van der Waals surface area contributed by atoms with Gasteiger partial charge < -0.3 is 29.2 Å². The third-order valence-electron chi connectivity index (χ3n) is 7.68. The molecule has 0 spiro atoms. The van der Waals surface area contributed by atoms with Crippen LogP contribution in [0.2, 0.25) is 0 Å². The van der Waals surface area contributed by atoms with E-state index < -0.39 is 29.9 Å². The zero-order valence-electron chi connectivity index (χ0n) is 24.3. The Morgan fingerprint density at radius 3 is 2.55 bits per heavy atom. The van der Waals surface area contributed by atoms with Gasteiger partial charge in [0.25, 0.3) is 0 Å². The number of hydrogen-bond donors (Lipinski definition) is 2. The van der Waals surface area contributed by atoms with Gasteiger partial charge in [-0.05, 0) is 57.6 Å². The number of aliphatic hydroxyl groups is 2. The maximum atomic E-state index is 12.8. The van der Waals surface area contributed by atoms with Gasteiger partial charge in [0.05, 0.1) is 30.8 Å². The Kier molecular flexibility index (Phi) is 12.2. The van der Waals surface area contributed by atoms with E-state index in [1.54, 1.807) is 19.9 Å². The van der Waals surface area contributed by atoms with Crippen molar-refractivity contribution in [3.8, 4) is 0 Å². The minimum atomic E-state index is -1.32. The molecule has 0 amide bonds. The van der Waals surface area contributed by atoms with Gasteiger partial charge in [-0.1, -0.05) is 45.1 Å². The van der Waals surface area contributed by atoms with E-state index in [9.17, 15) is 19.8 Å². The van der Waals surface area contributed by atoms with Crippen molar-refractivity contribution in [1.82, 2.24) is 0 Å². The number of rotatable bonds is 9. The van der Waals surface area contributed by atoms with Gasteiger partial charge in [-0.2, -0.15) is 0 Å². The van der Waals surface area contributed by atoms with E-state index in [0.29, 0.717) is 6.42 Å². The highest BCUT2D eigenvalue weighted by atomic mass is 16.6. The molecule has 8 nitrogen and oxygen atoms in total. The lowest BCUT2D eigenvalue weighted by molar-refractivity contribution is -0.157. The Hall–Kier alpha value is -2.00. The first kappa shape index (κ1) is 32.2. The van der Waals surface area contributed by atoms with Gasteiger partial charge in [0.15, 0.2) is 0 Å². The van der Waals surface area contributed by atoms with Crippen LogP contribution in [0.1, 0.15) is 74.1 Å². The fourth-order valence-electron chi connectivity index (χ4n) is 4.84. The highest BCUT2D eigenvalue weighted by Gasteiger charge is 2.44. The molecule has 0 saturated carbocycles. The Labute approximate surface area is 228 Å². The highest BCUT2D eigenvalue weighted by Crippen LogP contribution is 2.36. The molecule has 10 unspecified atom stereocenters. The Balaban J connectivity index is 2.17. The summed E-state index contributed by atoms with van der Waals surface area (Å²) in [4.78, 5) is 24.5. The molecule has 0 aromatic rings. The molecule has 2 aliphatic heterocycles. The lowest BCUT2D eigenvalue weighted by Gasteiger charge is -2.33. The van der Waals surface area contributed by atoms with E-state index in [2.05, 4.69) is 13.0 Å². The Morgan fingerprint density at radius 2 is 1.95 bits per heavy atom. The summed E-state index contributed by atoms with van der Waals surface area (Å²) < 4.78 is 22.6. The summed E-state index contributed by atoms with van der Waals surface area (Å²) in [7, 11) is 1.53. The molecule has 2 rings (SSSR count). The van der Waals surface area contributed by atoms with Crippen LogP contribution in [-0.4, -0.2) is 71.5 Å². The molecule has 2 aliphatic rings. The summed E-state index contributed by atoms with van der Waals surface area (Å²) in [6.45, 7) is 12.7. The number of allylic oxidation sites excluding steroid dienone is 3. The molecule has 38 heavy (non-hydrogen) atoms. The van der Waals surface area contributed by atoms with Crippen molar-refractivity contribution in [2.45, 2.75) is 116 Å². The molecule has 0 bridgehead atoms. The SMILES string of the molecule is COC1CCC(C)(O)C(OC(C)=O)/C=C/C(C)C(/C(C)=C/C=C/C(C)CC2OC2C(C)C(C)O)OC(=O)C1. The van der Waals surface area contributed by atoms with E-state index in [-0.39, 0.29) is 54.9 Å². The standard InChI is InChI=1S/C30H48O8/c1-18(16-25-29(37-25)21(4)22(5)31)10-9-11-19(2)28-20(3)12-13-26(36-23(6)32)30(7,34)15-14-24(35-8)17-27(33)38-28/h9-13,18,20-22,24-26,28-29,31,34H,14-17H2,1-8H3/b10-9+,13-12+,19-11+. The first-order chi connectivity index (χ1) is 17.7. The van der Waals surface area contributed by atoms with Crippen LogP contribution in [0.5, 0.6) is 0 Å². The van der Waals surface area contributed by atoms with Crippen molar-refractivity contribution in [2.24, 2.45) is 17.8 Å². The first-order valence-electron chi connectivity index (χ1n) is 13.7. The van der Waals surface area contributed by atoms with Crippen LogP contribution in [-0.2, 0) is 28.5 Å². The highest BCUT2D eigenvalue weighted by molar-refractivity contribution is 5.70. The largest absolute Gasteiger partial charge is 0.457 e. The topological polar surface area (TPSA) is 115 Å². The lowest BCUT2D eigenvalue weighted by Crippen LogP contribution is -2.42.